The van der Waals surface area contributed by atoms with E-state index in [9.17, 15) is 0 Å². The second-order valence-electron chi connectivity index (χ2n) is 3.35. The lowest BCUT2D eigenvalue weighted by Gasteiger charge is -2.09. The van der Waals surface area contributed by atoms with Crippen molar-refractivity contribution in [3.63, 3.8) is 0 Å². The molecule has 0 spiro atoms. The number of methoxy groups -OCH3 is 2. The monoisotopic (exact) mass is 233 g/mol. The van der Waals surface area contributed by atoms with Crippen LogP contribution >= 0.6 is 0 Å². The fourth-order valence-electron chi connectivity index (χ4n) is 1.40. The summed E-state index contributed by atoms with van der Waals surface area (Å²) >= 11 is 0. The van der Waals surface area contributed by atoms with Gasteiger partial charge in [-0.05, 0) is 12.1 Å². The Morgan fingerprint density at radius 1 is 1.18 bits per heavy atom. The van der Waals surface area contributed by atoms with Crippen molar-refractivity contribution in [1.82, 2.24) is 9.78 Å². The molecular formula is C12H13N2O3. The van der Waals surface area contributed by atoms with Gasteiger partial charge in [-0.15, -0.1) is 5.10 Å². The van der Waals surface area contributed by atoms with Crippen LogP contribution in [-0.2, 0) is 7.05 Å². The number of rotatable bonds is 4. The van der Waals surface area contributed by atoms with Gasteiger partial charge in [-0.25, -0.2) is 0 Å². The highest BCUT2D eigenvalue weighted by Crippen LogP contribution is 2.32. The second kappa shape index (κ2) is 4.78. The largest absolute Gasteiger partial charge is 0.493 e. The minimum atomic E-state index is 0.486. The van der Waals surface area contributed by atoms with E-state index in [0.717, 1.165) is 0 Å². The van der Waals surface area contributed by atoms with Crippen molar-refractivity contribution in [2.45, 2.75) is 0 Å². The van der Waals surface area contributed by atoms with E-state index in [1.165, 1.54) is 0 Å². The molecule has 0 saturated carbocycles. The van der Waals surface area contributed by atoms with E-state index in [0.29, 0.717) is 23.1 Å². The Balaban J connectivity index is 2.22. The van der Waals surface area contributed by atoms with Crippen LogP contribution in [0.3, 0.4) is 0 Å². The molecule has 0 aliphatic heterocycles. The normalized spacial score (nSPS) is 10.1. The number of aryl methyl sites for hydroxylation is 1. The second-order valence-corrected chi connectivity index (χ2v) is 3.35. The van der Waals surface area contributed by atoms with E-state index >= 15 is 0 Å². The quantitative estimate of drug-likeness (QED) is 0.810. The van der Waals surface area contributed by atoms with Crippen LogP contribution in [0.4, 0.5) is 0 Å². The lowest BCUT2D eigenvalue weighted by Crippen LogP contribution is -1.92. The molecule has 0 aliphatic rings. The number of hydrogen-bond acceptors (Lipinski definition) is 4. The topological polar surface area (TPSA) is 45.5 Å². The van der Waals surface area contributed by atoms with Gasteiger partial charge >= 0.3 is 0 Å². The molecule has 0 N–H and O–H groups in total. The lowest BCUT2D eigenvalue weighted by atomic mass is 10.3. The Bertz CT molecular complexity index is 508. The van der Waals surface area contributed by atoms with Crippen LogP contribution in [0.2, 0.25) is 0 Å². The van der Waals surface area contributed by atoms with Crippen LogP contribution in [0, 0.1) is 6.20 Å². The summed E-state index contributed by atoms with van der Waals surface area (Å²) < 4.78 is 17.4. The van der Waals surface area contributed by atoms with Gasteiger partial charge in [0.05, 0.1) is 20.4 Å². The van der Waals surface area contributed by atoms with Crippen LogP contribution in [0.5, 0.6) is 23.1 Å². The van der Waals surface area contributed by atoms with Crippen molar-refractivity contribution >= 4 is 0 Å². The Morgan fingerprint density at radius 3 is 2.53 bits per heavy atom. The van der Waals surface area contributed by atoms with Gasteiger partial charge in [0.25, 0.3) is 0 Å². The van der Waals surface area contributed by atoms with Gasteiger partial charge in [0.2, 0.25) is 5.88 Å². The fraction of sp³-hybridized carbons (Fsp3) is 0.250. The number of nitrogens with zero attached hydrogens (tertiary/aromatic N) is 2. The Hall–Kier alpha value is -2.17. The standard InChI is InChI=1S/C12H13N2O3/c1-14-7-6-12(13-14)17-9-4-5-10(15-2)11(8-9)16-3/h4-6,8H,1-3H3. The van der Waals surface area contributed by atoms with Gasteiger partial charge in [0, 0.05) is 19.2 Å². The smallest absolute Gasteiger partial charge is 0.238 e. The highest BCUT2D eigenvalue weighted by molar-refractivity contribution is 5.46. The van der Waals surface area contributed by atoms with Crippen LogP contribution < -0.4 is 14.2 Å². The van der Waals surface area contributed by atoms with Crippen molar-refractivity contribution in [2.75, 3.05) is 14.2 Å². The molecule has 5 nitrogen and oxygen atoms in total. The Kier molecular flexibility index (Phi) is 3.18. The maximum atomic E-state index is 5.54. The van der Waals surface area contributed by atoms with Crippen molar-refractivity contribution in [3.8, 4) is 23.1 Å². The molecule has 0 aliphatic carbocycles. The molecule has 1 radical (unpaired) electrons. The highest BCUT2D eigenvalue weighted by atomic mass is 16.5. The molecule has 2 rings (SSSR count). The van der Waals surface area contributed by atoms with Crippen molar-refractivity contribution in [2.24, 2.45) is 7.05 Å². The molecule has 0 atom stereocenters. The molecular weight excluding hydrogens is 220 g/mol. The summed E-state index contributed by atoms with van der Waals surface area (Å²) in [5, 5.41) is 4.07. The summed E-state index contributed by atoms with van der Waals surface area (Å²) in [6, 6.07) is 6.97. The zero-order chi connectivity index (χ0) is 12.3. The van der Waals surface area contributed by atoms with Gasteiger partial charge in [0.1, 0.15) is 5.75 Å². The molecule has 5 heteroatoms. The minimum absolute atomic E-state index is 0.486. The number of aromatic nitrogens is 2. The zero-order valence-corrected chi connectivity index (χ0v) is 9.93. The number of hydrogen-bond donors (Lipinski definition) is 0. The summed E-state index contributed by atoms with van der Waals surface area (Å²) in [5.41, 5.74) is 0. The van der Waals surface area contributed by atoms with Gasteiger partial charge in [-0.3, -0.25) is 4.68 Å². The van der Waals surface area contributed by atoms with Gasteiger partial charge in [0.15, 0.2) is 11.5 Å². The third-order valence-electron chi connectivity index (χ3n) is 2.20. The van der Waals surface area contributed by atoms with Gasteiger partial charge < -0.3 is 14.2 Å². The predicted octanol–water partition coefficient (Wildman–Crippen LogP) is 2.03. The first-order chi connectivity index (χ1) is 8.22. The molecule has 1 aromatic carbocycles. The predicted molar refractivity (Wildman–Crippen MR) is 61.7 cm³/mol. The molecule has 89 valence electrons. The summed E-state index contributed by atoms with van der Waals surface area (Å²) in [6.45, 7) is 0. The maximum absolute atomic E-state index is 5.54. The SMILES string of the molecule is COc1ccc(Oc2c[c]n(C)n2)cc1OC. The molecule has 0 saturated heterocycles. The summed E-state index contributed by atoms with van der Waals surface area (Å²) in [6.07, 6.45) is 2.86. The molecule has 0 amide bonds. The number of ether oxygens (including phenoxy) is 3. The molecule has 2 aromatic rings. The number of benzene rings is 1. The summed E-state index contributed by atoms with van der Waals surface area (Å²) in [7, 11) is 4.95. The summed E-state index contributed by atoms with van der Waals surface area (Å²) in [5.74, 6) is 2.40. The maximum Gasteiger partial charge on any atom is 0.238 e. The highest BCUT2D eigenvalue weighted by Gasteiger charge is 2.07. The van der Waals surface area contributed by atoms with Crippen molar-refractivity contribution in [1.29, 1.82) is 0 Å². The summed E-state index contributed by atoms with van der Waals surface area (Å²) in [4.78, 5) is 0. The van der Waals surface area contributed by atoms with Crippen LogP contribution in [0.15, 0.2) is 24.3 Å². The molecule has 0 bridgehead atoms. The van der Waals surface area contributed by atoms with Crippen LogP contribution in [-0.4, -0.2) is 24.0 Å². The van der Waals surface area contributed by atoms with E-state index in [1.54, 1.807) is 50.2 Å². The van der Waals surface area contributed by atoms with E-state index < -0.39 is 0 Å². The van der Waals surface area contributed by atoms with E-state index in [1.807, 2.05) is 0 Å². The Labute approximate surface area is 99.5 Å². The average molecular weight is 233 g/mol. The molecule has 17 heavy (non-hydrogen) atoms. The van der Waals surface area contributed by atoms with Crippen molar-refractivity contribution < 1.29 is 14.2 Å². The third kappa shape index (κ3) is 2.50. The molecule has 1 heterocycles. The molecule has 0 unspecified atom stereocenters. The van der Waals surface area contributed by atoms with E-state index in [-0.39, 0.29) is 0 Å². The Morgan fingerprint density at radius 2 is 1.94 bits per heavy atom. The third-order valence-corrected chi connectivity index (χ3v) is 2.20. The zero-order valence-electron chi connectivity index (χ0n) is 9.93. The molecule has 0 fully saturated rings. The fourth-order valence-corrected chi connectivity index (χ4v) is 1.40. The van der Waals surface area contributed by atoms with E-state index in [4.69, 9.17) is 14.2 Å². The molecule has 1 aromatic heterocycles. The average Bonchev–Trinajstić information content (AvgIpc) is 2.74. The van der Waals surface area contributed by atoms with Crippen molar-refractivity contribution in [3.05, 3.63) is 30.5 Å². The van der Waals surface area contributed by atoms with Crippen LogP contribution in [0.1, 0.15) is 0 Å². The first-order valence-corrected chi connectivity index (χ1v) is 5.04. The minimum Gasteiger partial charge on any atom is -0.493 e. The lowest BCUT2D eigenvalue weighted by molar-refractivity contribution is 0.351. The first kappa shape index (κ1) is 11.3. The van der Waals surface area contributed by atoms with Gasteiger partial charge in [-0.1, -0.05) is 0 Å². The first-order valence-electron chi connectivity index (χ1n) is 5.04. The van der Waals surface area contributed by atoms with Crippen LogP contribution in [0.25, 0.3) is 0 Å². The van der Waals surface area contributed by atoms with E-state index in [2.05, 4.69) is 11.3 Å². The van der Waals surface area contributed by atoms with Gasteiger partial charge in [-0.2, -0.15) is 0 Å².